The number of fused-ring (bicyclic) bond motifs is 1. The van der Waals surface area contributed by atoms with Crippen LogP contribution in [-0.4, -0.2) is 23.0 Å². The maximum absolute atomic E-state index is 12.7. The van der Waals surface area contributed by atoms with E-state index in [1.807, 2.05) is 25.1 Å². The summed E-state index contributed by atoms with van der Waals surface area (Å²) in [6.45, 7) is 5.32. The first-order valence-corrected chi connectivity index (χ1v) is 7.48. The maximum Gasteiger partial charge on any atom is 0.308 e. The van der Waals surface area contributed by atoms with Crippen molar-refractivity contribution in [2.75, 3.05) is 0 Å². The van der Waals surface area contributed by atoms with Crippen molar-refractivity contribution in [2.45, 2.75) is 51.5 Å². The fraction of sp³-hybridized carbons (Fsp3) is 0.529. The molecule has 4 heteroatoms. The Bertz CT molecular complexity index is 555. The minimum absolute atomic E-state index is 0.0738. The zero-order chi connectivity index (χ0) is 15.6. The van der Waals surface area contributed by atoms with Gasteiger partial charge in [-0.05, 0) is 51.2 Å². The lowest BCUT2D eigenvalue weighted by atomic mass is 9.70. The van der Waals surface area contributed by atoms with E-state index in [1.54, 1.807) is 13.8 Å². The maximum atomic E-state index is 12.7. The van der Waals surface area contributed by atoms with Gasteiger partial charge in [-0.1, -0.05) is 24.3 Å². The van der Waals surface area contributed by atoms with Crippen LogP contribution in [0.4, 0.5) is 0 Å². The van der Waals surface area contributed by atoms with E-state index in [0.29, 0.717) is 0 Å². The summed E-state index contributed by atoms with van der Waals surface area (Å²) in [5.41, 5.74) is 1.73. The van der Waals surface area contributed by atoms with Crippen LogP contribution < -0.4 is 5.32 Å². The Morgan fingerprint density at radius 2 is 1.95 bits per heavy atom. The molecule has 0 aliphatic heterocycles. The van der Waals surface area contributed by atoms with Crippen LogP contribution in [0.5, 0.6) is 0 Å². The minimum Gasteiger partial charge on any atom is -0.481 e. The molecule has 21 heavy (non-hydrogen) atoms. The van der Waals surface area contributed by atoms with Gasteiger partial charge in [0.1, 0.15) is 0 Å². The van der Waals surface area contributed by atoms with Gasteiger partial charge in [0, 0.05) is 6.04 Å². The second-order valence-corrected chi connectivity index (χ2v) is 6.23. The molecule has 0 saturated heterocycles. The summed E-state index contributed by atoms with van der Waals surface area (Å²) in [4.78, 5) is 23.7. The number of carbonyl (C=O) groups excluding carboxylic acids is 1. The molecule has 3 unspecified atom stereocenters. The molecule has 2 rings (SSSR count). The highest BCUT2D eigenvalue weighted by atomic mass is 16.4. The lowest BCUT2D eigenvalue weighted by Gasteiger charge is -2.36. The highest BCUT2D eigenvalue weighted by Crippen LogP contribution is 2.37. The van der Waals surface area contributed by atoms with Gasteiger partial charge >= 0.3 is 5.97 Å². The Labute approximate surface area is 125 Å². The molecular formula is C17H23NO3. The highest BCUT2D eigenvalue weighted by Gasteiger charge is 2.39. The number of carboxylic acids is 1. The van der Waals surface area contributed by atoms with Crippen LogP contribution in [0.15, 0.2) is 24.3 Å². The summed E-state index contributed by atoms with van der Waals surface area (Å²) in [6, 6.07) is 7.65. The minimum atomic E-state index is -0.892. The quantitative estimate of drug-likeness (QED) is 0.895. The second kappa shape index (κ2) is 5.88. The number of hydrogen-bond acceptors (Lipinski definition) is 2. The Kier molecular flexibility index (Phi) is 4.35. The van der Waals surface area contributed by atoms with Crippen LogP contribution in [0.25, 0.3) is 0 Å². The number of benzene rings is 1. The Balaban J connectivity index is 2.21. The summed E-state index contributed by atoms with van der Waals surface area (Å²) in [7, 11) is 0. The monoisotopic (exact) mass is 289 g/mol. The first-order valence-electron chi connectivity index (χ1n) is 7.48. The molecule has 3 atom stereocenters. The van der Waals surface area contributed by atoms with E-state index in [9.17, 15) is 9.59 Å². The fourth-order valence-electron chi connectivity index (χ4n) is 2.98. The molecule has 2 N–H and O–H groups in total. The third-order valence-corrected chi connectivity index (χ3v) is 4.73. The summed E-state index contributed by atoms with van der Waals surface area (Å²) in [6.07, 6.45) is 2.77. The smallest absolute Gasteiger partial charge is 0.308 e. The van der Waals surface area contributed by atoms with Crippen molar-refractivity contribution in [3.63, 3.8) is 0 Å². The average molecular weight is 289 g/mol. The van der Waals surface area contributed by atoms with Crippen LogP contribution in [0, 0.1) is 5.92 Å². The van der Waals surface area contributed by atoms with E-state index in [-0.39, 0.29) is 11.9 Å². The topological polar surface area (TPSA) is 66.4 Å². The first-order chi connectivity index (χ1) is 9.86. The van der Waals surface area contributed by atoms with Crippen LogP contribution in [-0.2, 0) is 21.4 Å². The van der Waals surface area contributed by atoms with E-state index < -0.39 is 17.3 Å². The number of hydrogen-bond donors (Lipinski definition) is 2. The lowest BCUT2D eigenvalue weighted by Crippen LogP contribution is -2.50. The Morgan fingerprint density at radius 1 is 1.29 bits per heavy atom. The molecule has 0 spiro atoms. The molecule has 1 amide bonds. The molecule has 1 aromatic carbocycles. The SMILES string of the molecule is CC(NC(=O)C1(C)CCCc2ccccc21)C(C)C(=O)O. The van der Waals surface area contributed by atoms with Crippen LogP contribution >= 0.6 is 0 Å². The molecule has 0 aromatic heterocycles. The summed E-state index contributed by atoms with van der Waals surface area (Å²) >= 11 is 0. The summed E-state index contributed by atoms with van der Waals surface area (Å²) in [5, 5.41) is 11.9. The molecule has 4 nitrogen and oxygen atoms in total. The molecule has 1 aromatic rings. The van der Waals surface area contributed by atoms with Gasteiger partial charge in [0.2, 0.25) is 5.91 Å². The van der Waals surface area contributed by atoms with Gasteiger partial charge in [-0.3, -0.25) is 9.59 Å². The van der Waals surface area contributed by atoms with Gasteiger partial charge < -0.3 is 10.4 Å². The van der Waals surface area contributed by atoms with Gasteiger partial charge in [-0.15, -0.1) is 0 Å². The van der Waals surface area contributed by atoms with Crippen molar-refractivity contribution in [3.8, 4) is 0 Å². The number of aliphatic carboxylic acids is 1. The predicted molar refractivity (Wildman–Crippen MR) is 81.1 cm³/mol. The van der Waals surface area contributed by atoms with Crippen molar-refractivity contribution in [3.05, 3.63) is 35.4 Å². The number of carboxylic acid groups (broad SMARTS) is 1. The van der Waals surface area contributed by atoms with Crippen molar-refractivity contribution in [1.29, 1.82) is 0 Å². The number of carbonyl (C=O) groups is 2. The van der Waals surface area contributed by atoms with Crippen molar-refractivity contribution >= 4 is 11.9 Å². The first kappa shape index (κ1) is 15.5. The zero-order valence-corrected chi connectivity index (χ0v) is 12.8. The average Bonchev–Trinajstić information content (AvgIpc) is 2.46. The fourth-order valence-corrected chi connectivity index (χ4v) is 2.98. The number of nitrogens with one attached hydrogen (secondary N) is 1. The van der Waals surface area contributed by atoms with E-state index >= 15 is 0 Å². The van der Waals surface area contributed by atoms with Gasteiger partial charge in [-0.2, -0.15) is 0 Å². The van der Waals surface area contributed by atoms with Gasteiger partial charge in [0.15, 0.2) is 0 Å². The molecule has 0 bridgehead atoms. The molecule has 0 radical (unpaired) electrons. The Morgan fingerprint density at radius 3 is 2.62 bits per heavy atom. The standard InChI is InChI=1S/C17H23NO3/c1-11(15(19)20)12(2)18-16(21)17(3)10-6-8-13-7-4-5-9-14(13)17/h4-5,7,9,11-12H,6,8,10H2,1-3H3,(H,18,21)(H,19,20). The normalized spacial score (nSPS) is 23.8. The zero-order valence-electron chi connectivity index (χ0n) is 12.8. The highest BCUT2D eigenvalue weighted by molar-refractivity contribution is 5.89. The molecule has 0 fully saturated rings. The third-order valence-electron chi connectivity index (χ3n) is 4.73. The molecule has 0 saturated carbocycles. The third kappa shape index (κ3) is 2.94. The second-order valence-electron chi connectivity index (χ2n) is 6.23. The molecule has 1 aliphatic carbocycles. The lowest BCUT2D eigenvalue weighted by molar-refractivity contribution is -0.142. The summed E-state index contributed by atoms with van der Waals surface area (Å²) < 4.78 is 0. The van der Waals surface area contributed by atoms with Crippen molar-refractivity contribution in [1.82, 2.24) is 5.32 Å². The van der Waals surface area contributed by atoms with Crippen LogP contribution in [0.2, 0.25) is 0 Å². The van der Waals surface area contributed by atoms with Gasteiger partial charge in [-0.25, -0.2) is 0 Å². The van der Waals surface area contributed by atoms with Crippen molar-refractivity contribution in [2.24, 2.45) is 5.92 Å². The van der Waals surface area contributed by atoms with E-state index in [1.165, 1.54) is 5.56 Å². The van der Waals surface area contributed by atoms with Crippen molar-refractivity contribution < 1.29 is 14.7 Å². The number of rotatable bonds is 4. The molecule has 1 aliphatic rings. The molecule has 114 valence electrons. The van der Waals surface area contributed by atoms with E-state index in [0.717, 1.165) is 24.8 Å². The van der Waals surface area contributed by atoms with Gasteiger partial charge in [0.05, 0.1) is 11.3 Å². The predicted octanol–water partition coefficient (Wildman–Crippen LogP) is 2.51. The number of aryl methyl sites for hydroxylation is 1. The molecular weight excluding hydrogens is 266 g/mol. The van der Waals surface area contributed by atoms with E-state index in [2.05, 4.69) is 11.4 Å². The van der Waals surface area contributed by atoms with Crippen LogP contribution in [0.1, 0.15) is 44.7 Å². The molecule has 0 heterocycles. The van der Waals surface area contributed by atoms with Crippen LogP contribution in [0.3, 0.4) is 0 Å². The largest absolute Gasteiger partial charge is 0.481 e. The number of amides is 1. The summed E-state index contributed by atoms with van der Waals surface area (Å²) in [5.74, 6) is -1.57. The van der Waals surface area contributed by atoms with E-state index in [4.69, 9.17) is 5.11 Å². The Hall–Kier alpha value is -1.84. The van der Waals surface area contributed by atoms with Gasteiger partial charge in [0.25, 0.3) is 0 Å².